The van der Waals surface area contributed by atoms with Gasteiger partial charge in [-0.25, -0.2) is 4.39 Å². The molecule has 9 heteroatoms. The van der Waals surface area contributed by atoms with Crippen LogP contribution in [0.5, 0.6) is 0 Å². The maximum atomic E-state index is 14.6. The van der Waals surface area contributed by atoms with Gasteiger partial charge in [-0.15, -0.1) is 12.4 Å². The van der Waals surface area contributed by atoms with E-state index in [4.69, 9.17) is 17.7 Å². The van der Waals surface area contributed by atoms with Gasteiger partial charge < -0.3 is 5.11 Å². The molecule has 1 aromatic heterocycles. The third-order valence-electron chi connectivity index (χ3n) is 5.87. The van der Waals surface area contributed by atoms with Crippen LogP contribution in [0.1, 0.15) is 43.0 Å². The number of carbonyl (C=O) groups excluding carboxylic acids is 1. The molecule has 2 aliphatic rings. The van der Waals surface area contributed by atoms with E-state index in [1.807, 2.05) is 12.1 Å². The molecule has 2 atom stereocenters. The Balaban J connectivity index is 0.00000289. The van der Waals surface area contributed by atoms with Gasteiger partial charge in [-0.3, -0.25) is 19.2 Å². The standard InChI is InChI=1S/C23H26FN3O3S.ClH/c24-19-4-2-1-3-18(19)22(23(30)15-5-6-15)26-10-8-20(31)16(14-26)13-17-7-11-27(25-17)12-9-21(28)29;/h1-4,7,11,13,15,20,22,31H,5-6,8-10,12,14H2,(H,28,29);1H/b16-13+;/t20-,22?;/m1./s1. The number of aromatic nitrogens is 2. The number of aliphatic carboxylic acids is 1. The first-order valence-electron chi connectivity index (χ1n) is 10.6. The molecule has 2 heterocycles. The summed E-state index contributed by atoms with van der Waals surface area (Å²) < 4.78 is 16.2. The predicted octanol–water partition coefficient (Wildman–Crippen LogP) is 4.03. The molecule has 1 aromatic carbocycles. The first-order chi connectivity index (χ1) is 14.9. The van der Waals surface area contributed by atoms with Crippen molar-refractivity contribution < 1.29 is 19.1 Å². The Morgan fingerprint density at radius 3 is 2.69 bits per heavy atom. The van der Waals surface area contributed by atoms with E-state index >= 15 is 0 Å². The number of piperidine rings is 1. The number of likely N-dealkylation sites (tertiary alicyclic amines) is 1. The first kappa shape index (κ1) is 24.5. The normalized spacial score (nSPS) is 21.2. The molecule has 0 amide bonds. The molecule has 0 bridgehead atoms. The second kappa shape index (κ2) is 10.6. The lowest BCUT2D eigenvalue weighted by Crippen LogP contribution is -2.42. The van der Waals surface area contributed by atoms with E-state index in [2.05, 4.69) is 10.00 Å². The number of ketones is 1. The van der Waals surface area contributed by atoms with Gasteiger partial charge in [0.2, 0.25) is 0 Å². The Kier molecular flexibility index (Phi) is 8.14. The fourth-order valence-electron chi connectivity index (χ4n) is 4.05. The highest BCUT2D eigenvalue weighted by Gasteiger charge is 2.40. The van der Waals surface area contributed by atoms with E-state index in [0.717, 1.165) is 30.5 Å². The van der Waals surface area contributed by atoms with Crippen molar-refractivity contribution in [2.45, 2.75) is 43.5 Å². The summed E-state index contributed by atoms with van der Waals surface area (Å²) in [5.74, 6) is -1.10. The van der Waals surface area contributed by atoms with Crippen LogP contribution in [0.15, 0.2) is 42.1 Å². The summed E-state index contributed by atoms with van der Waals surface area (Å²) in [4.78, 5) is 25.9. The Morgan fingerprint density at radius 1 is 1.25 bits per heavy atom. The summed E-state index contributed by atoms with van der Waals surface area (Å²) in [6.45, 7) is 1.48. The minimum absolute atomic E-state index is 0. The van der Waals surface area contributed by atoms with E-state index < -0.39 is 12.0 Å². The molecule has 4 rings (SSSR count). The largest absolute Gasteiger partial charge is 0.481 e. The maximum Gasteiger partial charge on any atom is 0.305 e. The summed E-state index contributed by atoms with van der Waals surface area (Å²) in [7, 11) is 0. The number of carboxylic acid groups (broad SMARTS) is 1. The molecular weight excluding hydrogens is 453 g/mol. The quantitative estimate of drug-likeness (QED) is 0.559. The summed E-state index contributed by atoms with van der Waals surface area (Å²) in [6, 6.07) is 7.78. The molecule has 6 nitrogen and oxygen atoms in total. The molecule has 0 radical (unpaired) electrons. The molecule has 32 heavy (non-hydrogen) atoms. The zero-order valence-corrected chi connectivity index (χ0v) is 19.3. The number of Topliss-reactive ketones (excluding diaryl/α,β-unsaturated/α-hetero) is 1. The van der Waals surface area contributed by atoms with Gasteiger partial charge in [-0.2, -0.15) is 17.7 Å². The third-order valence-corrected chi connectivity index (χ3v) is 6.46. The van der Waals surface area contributed by atoms with Crippen LogP contribution >= 0.6 is 25.0 Å². The number of hydrogen-bond donors (Lipinski definition) is 2. The van der Waals surface area contributed by atoms with Crippen molar-refractivity contribution in [3.63, 3.8) is 0 Å². The van der Waals surface area contributed by atoms with Gasteiger partial charge in [-0.1, -0.05) is 18.2 Å². The smallest absolute Gasteiger partial charge is 0.305 e. The van der Waals surface area contributed by atoms with E-state index in [-0.39, 0.29) is 41.6 Å². The molecule has 2 fully saturated rings. The van der Waals surface area contributed by atoms with Crippen molar-refractivity contribution in [2.75, 3.05) is 13.1 Å². The van der Waals surface area contributed by atoms with E-state index in [1.165, 1.54) is 6.07 Å². The summed E-state index contributed by atoms with van der Waals surface area (Å²) in [6.07, 6.45) is 6.21. The molecule has 172 valence electrons. The second-order valence-corrected chi connectivity index (χ2v) is 8.87. The van der Waals surface area contributed by atoms with Crippen molar-refractivity contribution in [1.29, 1.82) is 0 Å². The third kappa shape index (κ3) is 5.79. The van der Waals surface area contributed by atoms with E-state index in [1.54, 1.807) is 29.1 Å². The highest BCUT2D eigenvalue weighted by atomic mass is 35.5. The van der Waals surface area contributed by atoms with Crippen LogP contribution in [0.4, 0.5) is 4.39 Å². The maximum absolute atomic E-state index is 14.6. The van der Waals surface area contributed by atoms with Gasteiger partial charge in [0.1, 0.15) is 5.82 Å². The highest BCUT2D eigenvalue weighted by molar-refractivity contribution is 7.81. The number of carbonyl (C=O) groups is 2. The van der Waals surface area contributed by atoms with Crippen LogP contribution in [0, 0.1) is 11.7 Å². The van der Waals surface area contributed by atoms with Crippen LogP contribution in [-0.2, 0) is 16.1 Å². The van der Waals surface area contributed by atoms with Crippen molar-refractivity contribution >= 4 is 42.9 Å². The second-order valence-electron chi connectivity index (χ2n) is 8.24. The van der Waals surface area contributed by atoms with Crippen molar-refractivity contribution in [3.8, 4) is 0 Å². The number of hydrogen-bond acceptors (Lipinski definition) is 5. The summed E-state index contributed by atoms with van der Waals surface area (Å²) in [5.41, 5.74) is 2.18. The van der Waals surface area contributed by atoms with Crippen LogP contribution in [0.25, 0.3) is 6.08 Å². The monoisotopic (exact) mass is 479 g/mol. The molecule has 2 aromatic rings. The van der Waals surface area contributed by atoms with Gasteiger partial charge >= 0.3 is 5.97 Å². The molecule has 1 unspecified atom stereocenters. The Morgan fingerprint density at radius 2 is 2.00 bits per heavy atom. The molecule has 0 spiro atoms. The lowest BCUT2D eigenvalue weighted by molar-refractivity contribution is -0.137. The van der Waals surface area contributed by atoms with Gasteiger partial charge in [0.25, 0.3) is 0 Å². The molecule has 1 saturated heterocycles. The van der Waals surface area contributed by atoms with Gasteiger partial charge in [0.15, 0.2) is 5.78 Å². The Bertz CT molecular complexity index is 1010. The number of nitrogens with zero attached hydrogens (tertiary/aromatic N) is 3. The number of aryl methyl sites for hydroxylation is 1. The minimum Gasteiger partial charge on any atom is -0.481 e. The molecule has 1 aliphatic heterocycles. The SMILES string of the molecule is Cl.O=C(O)CCn1ccc(/C=C2\CN(C(C(=O)C3CC3)c3ccccc3F)CC[C@H]2S)n1. The zero-order chi connectivity index (χ0) is 22.0. The molecule has 1 aliphatic carbocycles. The van der Waals surface area contributed by atoms with Crippen molar-refractivity contribution in [1.82, 2.24) is 14.7 Å². The molecule has 1 N–H and O–H groups in total. The lowest BCUT2D eigenvalue weighted by Gasteiger charge is -2.37. The fraction of sp³-hybridized carbons (Fsp3) is 0.435. The minimum atomic E-state index is -0.867. The molecule has 1 saturated carbocycles. The van der Waals surface area contributed by atoms with Gasteiger partial charge in [0, 0.05) is 36.0 Å². The lowest BCUT2D eigenvalue weighted by atomic mass is 9.93. The average molecular weight is 480 g/mol. The van der Waals surface area contributed by atoms with Gasteiger partial charge in [0.05, 0.1) is 24.7 Å². The van der Waals surface area contributed by atoms with Crippen molar-refractivity contribution in [3.05, 3.63) is 59.2 Å². The topological polar surface area (TPSA) is 75.4 Å². The zero-order valence-electron chi connectivity index (χ0n) is 17.6. The number of thiol groups is 1. The van der Waals surface area contributed by atoms with Gasteiger partial charge in [-0.05, 0) is 43.0 Å². The van der Waals surface area contributed by atoms with Crippen LogP contribution in [0.2, 0.25) is 0 Å². The van der Waals surface area contributed by atoms with E-state index in [0.29, 0.717) is 25.2 Å². The first-order valence-corrected chi connectivity index (χ1v) is 11.1. The Labute approximate surface area is 198 Å². The number of halogens is 2. The number of carboxylic acids is 1. The molecular formula is C23H27ClFN3O3S. The van der Waals surface area contributed by atoms with Crippen molar-refractivity contribution in [2.24, 2.45) is 5.92 Å². The fourth-order valence-corrected chi connectivity index (χ4v) is 4.32. The number of benzene rings is 1. The van der Waals surface area contributed by atoms with Crippen LogP contribution < -0.4 is 0 Å². The van der Waals surface area contributed by atoms with Crippen LogP contribution in [-0.4, -0.2) is 49.9 Å². The highest BCUT2D eigenvalue weighted by Crippen LogP contribution is 2.39. The summed E-state index contributed by atoms with van der Waals surface area (Å²) >= 11 is 4.72. The van der Waals surface area contributed by atoms with E-state index in [9.17, 15) is 14.0 Å². The van der Waals surface area contributed by atoms with Crippen LogP contribution in [0.3, 0.4) is 0 Å². The average Bonchev–Trinajstić information content (AvgIpc) is 3.50. The summed E-state index contributed by atoms with van der Waals surface area (Å²) in [5, 5.41) is 13.3. The predicted molar refractivity (Wildman–Crippen MR) is 126 cm³/mol. The Hall–Kier alpha value is -2.16. The number of rotatable bonds is 8.